The van der Waals surface area contributed by atoms with Crippen LogP contribution in [0.5, 0.6) is 5.75 Å². The van der Waals surface area contributed by atoms with Gasteiger partial charge in [-0.2, -0.15) is 0 Å². The van der Waals surface area contributed by atoms with Gasteiger partial charge in [-0.15, -0.1) is 0 Å². The third-order valence-corrected chi connectivity index (χ3v) is 4.74. The predicted molar refractivity (Wildman–Crippen MR) is 110 cm³/mol. The molecule has 0 saturated heterocycles. The Bertz CT molecular complexity index is 955. The summed E-state index contributed by atoms with van der Waals surface area (Å²) in [5.74, 6) is -1.06. The number of ketones is 1. The Hall–Kier alpha value is -2.90. The van der Waals surface area contributed by atoms with Crippen LogP contribution >= 0.6 is 23.8 Å². The van der Waals surface area contributed by atoms with Crippen molar-refractivity contribution in [2.45, 2.75) is 6.04 Å². The van der Waals surface area contributed by atoms with Gasteiger partial charge in [0.05, 0.1) is 31.5 Å². The van der Waals surface area contributed by atoms with Crippen molar-refractivity contribution in [2.24, 2.45) is 0 Å². The molecule has 0 aromatic heterocycles. The van der Waals surface area contributed by atoms with Crippen LogP contribution < -0.4 is 15.4 Å². The summed E-state index contributed by atoms with van der Waals surface area (Å²) in [7, 11) is 2.73. The lowest BCUT2D eigenvalue weighted by atomic mass is 9.90. The van der Waals surface area contributed by atoms with Crippen molar-refractivity contribution in [3.63, 3.8) is 0 Å². The van der Waals surface area contributed by atoms with Crippen molar-refractivity contribution >= 4 is 46.4 Å². The molecule has 0 saturated carbocycles. The van der Waals surface area contributed by atoms with Crippen LogP contribution in [0.25, 0.3) is 5.70 Å². The van der Waals surface area contributed by atoms with Gasteiger partial charge in [0.25, 0.3) is 5.78 Å². The lowest BCUT2D eigenvalue weighted by Crippen LogP contribution is -2.46. The lowest BCUT2D eigenvalue weighted by molar-refractivity contribution is -0.150. The van der Waals surface area contributed by atoms with E-state index in [0.717, 1.165) is 5.56 Å². The number of rotatable bonds is 5. The second kappa shape index (κ2) is 8.41. The fourth-order valence-corrected chi connectivity index (χ4v) is 3.25. The fraction of sp³-hybridized carbons (Fsp3) is 0.150. The van der Waals surface area contributed by atoms with E-state index < -0.39 is 17.8 Å². The highest BCUT2D eigenvalue weighted by atomic mass is 35.5. The number of ether oxygens (including phenoxy) is 2. The van der Waals surface area contributed by atoms with Crippen LogP contribution in [0.15, 0.2) is 54.1 Å². The molecule has 0 radical (unpaired) electrons. The molecular weight excluding hydrogens is 400 g/mol. The highest BCUT2D eigenvalue weighted by Crippen LogP contribution is 2.33. The topological polar surface area (TPSA) is 76.7 Å². The van der Waals surface area contributed by atoms with Crippen LogP contribution in [0.3, 0.4) is 0 Å². The molecular formula is C20H17ClN2O4S. The number of nitrogens with one attached hydrogen (secondary N) is 2. The second-order valence-corrected chi connectivity index (χ2v) is 6.77. The summed E-state index contributed by atoms with van der Waals surface area (Å²) in [6.07, 6.45) is 0. The standard InChI is InChI=1S/C20H17ClN2O4S/c1-26-14-9-5-12(6-10-14)17-15(18(24)19(25)27-2)16(22-20(28)23-17)11-3-7-13(21)8-4-11/h3-10,17H,1-2H3,(H2,22,23,28)/t17-/m0/s1. The first-order valence-corrected chi connectivity index (χ1v) is 9.07. The van der Waals surface area contributed by atoms with Crippen molar-refractivity contribution in [1.82, 2.24) is 10.6 Å². The molecule has 2 aromatic carbocycles. The Morgan fingerprint density at radius 1 is 1.04 bits per heavy atom. The third-order valence-electron chi connectivity index (χ3n) is 4.27. The molecule has 0 aliphatic carbocycles. The Labute approximate surface area is 172 Å². The van der Waals surface area contributed by atoms with Crippen molar-refractivity contribution in [1.29, 1.82) is 0 Å². The first kappa shape index (κ1) is 19.9. The Morgan fingerprint density at radius 2 is 1.68 bits per heavy atom. The summed E-state index contributed by atoms with van der Waals surface area (Å²) in [6, 6.07) is 13.4. The zero-order chi connectivity index (χ0) is 20.3. The average molecular weight is 417 g/mol. The quantitative estimate of drug-likeness (QED) is 0.440. The number of hydrogen-bond donors (Lipinski definition) is 2. The van der Waals surface area contributed by atoms with Gasteiger partial charge >= 0.3 is 5.97 Å². The molecule has 1 aliphatic rings. The number of hydrogen-bond acceptors (Lipinski definition) is 5. The van der Waals surface area contributed by atoms with E-state index in [1.807, 2.05) is 0 Å². The van der Waals surface area contributed by atoms with Crippen molar-refractivity contribution in [3.05, 3.63) is 70.3 Å². The molecule has 1 aliphatic heterocycles. The summed E-state index contributed by atoms with van der Waals surface area (Å²) in [4.78, 5) is 25.0. The predicted octanol–water partition coefficient (Wildman–Crippen LogP) is 3.02. The maximum Gasteiger partial charge on any atom is 0.379 e. The Balaban J connectivity index is 2.18. The van der Waals surface area contributed by atoms with Gasteiger partial charge in [-0.3, -0.25) is 4.79 Å². The number of halogens is 1. The van der Waals surface area contributed by atoms with Crippen molar-refractivity contribution in [2.75, 3.05) is 14.2 Å². The molecule has 0 amide bonds. The van der Waals surface area contributed by atoms with Crippen LogP contribution in [0.4, 0.5) is 0 Å². The van der Waals surface area contributed by atoms with Gasteiger partial charge in [-0.25, -0.2) is 4.79 Å². The van der Waals surface area contributed by atoms with E-state index in [1.54, 1.807) is 55.6 Å². The maximum absolute atomic E-state index is 12.9. The van der Waals surface area contributed by atoms with E-state index in [9.17, 15) is 9.59 Å². The van der Waals surface area contributed by atoms with Gasteiger partial charge in [0.15, 0.2) is 5.11 Å². The minimum Gasteiger partial charge on any atom is -0.497 e. The van der Waals surface area contributed by atoms with Gasteiger partial charge in [-0.05, 0) is 47.6 Å². The molecule has 0 fully saturated rings. The molecule has 2 N–H and O–H groups in total. The number of thiocarbonyl (C=S) groups is 1. The molecule has 144 valence electrons. The number of carbonyl (C=O) groups excluding carboxylic acids is 2. The van der Waals surface area contributed by atoms with E-state index >= 15 is 0 Å². The minimum atomic E-state index is -0.962. The number of methoxy groups -OCH3 is 2. The SMILES string of the molecule is COC(=O)C(=O)C1=C(c2ccc(Cl)cc2)NC(=S)N[C@H]1c1ccc(OC)cc1. The zero-order valence-electron chi connectivity index (χ0n) is 15.1. The molecule has 6 nitrogen and oxygen atoms in total. The largest absolute Gasteiger partial charge is 0.497 e. The fourth-order valence-electron chi connectivity index (χ4n) is 2.90. The highest BCUT2D eigenvalue weighted by molar-refractivity contribution is 7.80. The molecule has 8 heteroatoms. The highest BCUT2D eigenvalue weighted by Gasteiger charge is 2.35. The normalized spacial score (nSPS) is 16.1. The zero-order valence-corrected chi connectivity index (χ0v) is 16.7. The van der Waals surface area contributed by atoms with Gasteiger partial charge in [-0.1, -0.05) is 35.9 Å². The van der Waals surface area contributed by atoms with E-state index in [0.29, 0.717) is 27.1 Å². The number of carbonyl (C=O) groups is 2. The Morgan fingerprint density at radius 3 is 2.25 bits per heavy atom. The van der Waals surface area contributed by atoms with Crippen LogP contribution in [-0.2, 0) is 14.3 Å². The van der Waals surface area contributed by atoms with Crippen molar-refractivity contribution < 1.29 is 19.1 Å². The maximum atomic E-state index is 12.9. The van der Waals surface area contributed by atoms with Gasteiger partial charge in [0.1, 0.15) is 5.75 Å². The van der Waals surface area contributed by atoms with Crippen LogP contribution in [0.2, 0.25) is 5.02 Å². The molecule has 1 heterocycles. The summed E-state index contributed by atoms with van der Waals surface area (Å²) >= 11 is 11.3. The summed E-state index contributed by atoms with van der Waals surface area (Å²) in [5, 5.41) is 6.92. The minimum absolute atomic E-state index is 0.202. The van der Waals surface area contributed by atoms with Gasteiger partial charge in [0, 0.05) is 5.02 Å². The number of benzene rings is 2. The molecule has 28 heavy (non-hydrogen) atoms. The summed E-state index contributed by atoms with van der Waals surface area (Å²) in [5.41, 5.74) is 2.03. The molecule has 0 unspecified atom stereocenters. The van der Waals surface area contributed by atoms with Gasteiger partial charge in [0.2, 0.25) is 0 Å². The monoisotopic (exact) mass is 416 g/mol. The van der Waals surface area contributed by atoms with E-state index in [2.05, 4.69) is 15.4 Å². The molecule has 3 rings (SSSR count). The first-order chi connectivity index (χ1) is 13.4. The lowest BCUT2D eigenvalue weighted by Gasteiger charge is -2.31. The van der Waals surface area contributed by atoms with E-state index in [4.69, 9.17) is 28.6 Å². The van der Waals surface area contributed by atoms with E-state index in [-0.39, 0.29) is 5.57 Å². The number of esters is 1. The third kappa shape index (κ3) is 4.00. The summed E-state index contributed by atoms with van der Waals surface area (Å²) < 4.78 is 9.85. The molecule has 0 bridgehead atoms. The number of Topliss-reactive ketones (excluding diaryl/α,β-unsaturated/α-hetero) is 1. The molecule has 1 atom stereocenters. The van der Waals surface area contributed by atoms with Crippen molar-refractivity contribution in [3.8, 4) is 5.75 Å². The molecule has 2 aromatic rings. The van der Waals surface area contributed by atoms with Crippen LogP contribution in [-0.4, -0.2) is 31.1 Å². The van der Waals surface area contributed by atoms with Gasteiger partial charge < -0.3 is 20.1 Å². The first-order valence-electron chi connectivity index (χ1n) is 8.28. The smallest absolute Gasteiger partial charge is 0.379 e. The summed E-state index contributed by atoms with van der Waals surface area (Å²) in [6.45, 7) is 0. The molecule has 0 spiro atoms. The average Bonchev–Trinajstić information content (AvgIpc) is 2.72. The van der Waals surface area contributed by atoms with Crippen LogP contribution in [0.1, 0.15) is 17.2 Å². The van der Waals surface area contributed by atoms with Crippen LogP contribution in [0, 0.1) is 0 Å². The second-order valence-electron chi connectivity index (χ2n) is 5.92. The van der Waals surface area contributed by atoms with E-state index in [1.165, 1.54) is 7.11 Å². The Kier molecular flexibility index (Phi) is 5.96.